The number of nitrogens with one attached hydrogen (secondary N) is 3. The van der Waals surface area contributed by atoms with Gasteiger partial charge >= 0.3 is 11.9 Å². The van der Waals surface area contributed by atoms with Crippen LogP contribution in [0.3, 0.4) is 0 Å². The molecule has 0 aromatic rings. The van der Waals surface area contributed by atoms with Gasteiger partial charge in [0.1, 0.15) is 12.1 Å². The first-order valence-corrected chi connectivity index (χ1v) is 9.75. The van der Waals surface area contributed by atoms with Crippen molar-refractivity contribution < 1.29 is 44.1 Å². The Labute approximate surface area is 184 Å². The van der Waals surface area contributed by atoms with Crippen molar-refractivity contribution in [3.8, 4) is 0 Å². The number of carboxylic acids is 2. The molecule has 0 bridgehead atoms. The van der Waals surface area contributed by atoms with Gasteiger partial charge in [0.05, 0.1) is 18.6 Å². The molecule has 182 valence electrons. The van der Waals surface area contributed by atoms with Crippen LogP contribution in [-0.4, -0.2) is 81.2 Å². The van der Waals surface area contributed by atoms with Gasteiger partial charge in [0.25, 0.3) is 0 Å². The summed E-state index contributed by atoms with van der Waals surface area (Å²) in [4.78, 5) is 70.5. The van der Waals surface area contributed by atoms with E-state index in [-0.39, 0.29) is 6.42 Å². The summed E-state index contributed by atoms with van der Waals surface area (Å²) >= 11 is 0. The molecule has 5 atom stereocenters. The van der Waals surface area contributed by atoms with Crippen LogP contribution >= 0.6 is 0 Å². The fourth-order valence-electron chi connectivity index (χ4n) is 2.52. The molecule has 14 heteroatoms. The topological polar surface area (TPSA) is 251 Å². The fourth-order valence-corrected chi connectivity index (χ4v) is 2.52. The molecule has 4 amide bonds. The summed E-state index contributed by atoms with van der Waals surface area (Å²) in [5.74, 6) is -6.96. The standard InChI is InChI=1S/C18H31N5O9/c1-7(2)13(17(30)23-14(8(3)24)18(31)32)22-16(29)10(6-11(20)25)21-15(28)9(19)4-5-12(26)27/h7-10,13-14,24H,4-6,19H2,1-3H3,(H2,20,25)(H,21,28)(H,22,29)(H,23,30)(H,26,27)(H,31,32). The fraction of sp³-hybridized carbons (Fsp3) is 0.667. The third-order valence-corrected chi connectivity index (χ3v) is 4.34. The zero-order valence-electron chi connectivity index (χ0n) is 18.0. The van der Waals surface area contributed by atoms with Crippen LogP contribution in [0, 0.1) is 5.92 Å². The van der Waals surface area contributed by atoms with E-state index in [0.717, 1.165) is 6.92 Å². The molecule has 0 spiro atoms. The first-order valence-electron chi connectivity index (χ1n) is 9.75. The summed E-state index contributed by atoms with van der Waals surface area (Å²) in [7, 11) is 0. The highest BCUT2D eigenvalue weighted by Gasteiger charge is 2.33. The number of carboxylic acid groups (broad SMARTS) is 2. The Kier molecular flexibility index (Phi) is 11.9. The quantitative estimate of drug-likeness (QED) is 0.127. The lowest BCUT2D eigenvalue weighted by atomic mass is 10.0. The lowest BCUT2D eigenvalue weighted by molar-refractivity contribution is -0.145. The van der Waals surface area contributed by atoms with E-state index in [2.05, 4.69) is 16.0 Å². The first kappa shape index (κ1) is 28.7. The van der Waals surface area contributed by atoms with Gasteiger partial charge < -0.3 is 42.7 Å². The lowest BCUT2D eigenvalue weighted by Gasteiger charge is -2.27. The lowest BCUT2D eigenvalue weighted by Crippen LogP contribution is -2.60. The SMILES string of the molecule is CC(C)C(NC(=O)C(CC(N)=O)NC(=O)C(N)CCC(=O)O)C(=O)NC(C(=O)O)C(C)O. The Bertz CT molecular complexity index is 726. The number of aliphatic hydroxyl groups excluding tert-OH is 1. The van der Waals surface area contributed by atoms with Crippen LogP contribution < -0.4 is 27.4 Å². The molecule has 14 nitrogen and oxygen atoms in total. The molecule has 5 unspecified atom stereocenters. The summed E-state index contributed by atoms with van der Waals surface area (Å²) in [6.07, 6.45) is -2.68. The van der Waals surface area contributed by atoms with Gasteiger partial charge in [-0.2, -0.15) is 0 Å². The molecular weight excluding hydrogens is 430 g/mol. The van der Waals surface area contributed by atoms with Crippen LogP contribution in [0.25, 0.3) is 0 Å². The van der Waals surface area contributed by atoms with E-state index in [1.165, 1.54) is 0 Å². The zero-order chi connectivity index (χ0) is 25.2. The third kappa shape index (κ3) is 10.2. The van der Waals surface area contributed by atoms with Crippen LogP contribution in [0.1, 0.15) is 40.0 Å². The van der Waals surface area contributed by atoms with Crippen molar-refractivity contribution in [1.82, 2.24) is 16.0 Å². The van der Waals surface area contributed by atoms with Crippen molar-refractivity contribution in [3.05, 3.63) is 0 Å². The molecule has 32 heavy (non-hydrogen) atoms. The number of hydrogen-bond donors (Lipinski definition) is 8. The number of rotatable bonds is 14. The largest absolute Gasteiger partial charge is 0.481 e. The summed E-state index contributed by atoms with van der Waals surface area (Å²) in [5, 5.41) is 33.9. The van der Waals surface area contributed by atoms with Gasteiger partial charge in [0, 0.05) is 6.42 Å². The van der Waals surface area contributed by atoms with Crippen LogP contribution in [0.2, 0.25) is 0 Å². The van der Waals surface area contributed by atoms with E-state index in [1.807, 2.05) is 0 Å². The number of primary amides is 1. The highest BCUT2D eigenvalue weighted by Crippen LogP contribution is 2.06. The number of aliphatic carboxylic acids is 2. The molecule has 0 radical (unpaired) electrons. The monoisotopic (exact) mass is 461 g/mol. The predicted octanol–water partition coefficient (Wildman–Crippen LogP) is -3.37. The smallest absolute Gasteiger partial charge is 0.328 e. The van der Waals surface area contributed by atoms with Gasteiger partial charge in [-0.1, -0.05) is 13.8 Å². The Morgan fingerprint density at radius 2 is 1.38 bits per heavy atom. The number of aliphatic hydroxyl groups is 1. The normalized spacial score (nSPS) is 15.6. The van der Waals surface area contributed by atoms with Gasteiger partial charge in [-0.25, -0.2) is 4.79 Å². The number of hydrogen-bond acceptors (Lipinski definition) is 8. The van der Waals surface area contributed by atoms with E-state index >= 15 is 0 Å². The molecule has 0 aliphatic rings. The van der Waals surface area contributed by atoms with Crippen LogP contribution in [0.5, 0.6) is 0 Å². The molecule has 0 aliphatic carbocycles. The third-order valence-electron chi connectivity index (χ3n) is 4.34. The van der Waals surface area contributed by atoms with Crippen molar-refractivity contribution in [2.45, 2.75) is 70.3 Å². The van der Waals surface area contributed by atoms with Gasteiger partial charge in [-0.05, 0) is 19.3 Å². The number of nitrogens with two attached hydrogens (primary N) is 2. The Morgan fingerprint density at radius 3 is 1.78 bits per heavy atom. The molecule has 0 fully saturated rings. The molecule has 0 rings (SSSR count). The predicted molar refractivity (Wildman–Crippen MR) is 109 cm³/mol. The molecule has 0 aromatic heterocycles. The average Bonchev–Trinajstić information content (AvgIpc) is 2.65. The zero-order valence-corrected chi connectivity index (χ0v) is 18.0. The number of carbonyl (C=O) groups excluding carboxylic acids is 4. The minimum atomic E-state index is -1.63. The summed E-state index contributed by atoms with van der Waals surface area (Å²) in [5.41, 5.74) is 10.7. The van der Waals surface area contributed by atoms with E-state index in [0.29, 0.717) is 0 Å². The highest BCUT2D eigenvalue weighted by molar-refractivity contribution is 5.96. The molecule has 10 N–H and O–H groups in total. The maximum Gasteiger partial charge on any atom is 0.328 e. The van der Waals surface area contributed by atoms with Crippen LogP contribution in [0.15, 0.2) is 0 Å². The van der Waals surface area contributed by atoms with E-state index in [9.17, 15) is 33.9 Å². The second-order valence-corrected chi connectivity index (χ2v) is 7.57. The summed E-state index contributed by atoms with van der Waals surface area (Å²) < 4.78 is 0. The average molecular weight is 461 g/mol. The number of carbonyl (C=O) groups is 6. The number of amides is 4. The Morgan fingerprint density at radius 1 is 0.844 bits per heavy atom. The second kappa shape index (κ2) is 13.2. The van der Waals surface area contributed by atoms with Crippen molar-refractivity contribution in [2.75, 3.05) is 0 Å². The first-order chi connectivity index (χ1) is 14.7. The van der Waals surface area contributed by atoms with Gasteiger partial charge in [0.2, 0.25) is 23.6 Å². The molecule has 0 aliphatic heterocycles. The minimum Gasteiger partial charge on any atom is -0.481 e. The Hall–Kier alpha value is -3.26. The van der Waals surface area contributed by atoms with Crippen LogP contribution in [-0.2, 0) is 28.8 Å². The van der Waals surface area contributed by atoms with Crippen molar-refractivity contribution in [2.24, 2.45) is 17.4 Å². The summed E-state index contributed by atoms with van der Waals surface area (Å²) in [6, 6.07) is -5.71. The second-order valence-electron chi connectivity index (χ2n) is 7.57. The minimum absolute atomic E-state index is 0.223. The van der Waals surface area contributed by atoms with E-state index < -0.39 is 84.6 Å². The van der Waals surface area contributed by atoms with E-state index in [1.54, 1.807) is 13.8 Å². The molecule has 0 aromatic carbocycles. The highest BCUT2D eigenvalue weighted by atomic mass is 16.4. The van der Waals surface area contributed by atoms with E-state index in [4.69, 9.17) is 21.7 Å². The molecular formula is C18H31N5O9. The molecule has 0 heterocycles. The maximum atomic E-state index is 12.7. The van der Waals surface area contributed by atoms with Crippen LogP contribution in [0.4, 0.5) is 0 Å². The summed E-state index contributed by atoms with van der Waals surface area (Å²) in [6.45, 7) is 4.26. The molecule has 0 saturated heterocycles. The van der Waals surface area contributed by atoms with Crippen molar-refractivity contribution in [1.29, 1.82) is 0 Å². The van der Waals surface area contributed by atoms with Gasteiger partial charge in [-0.15, -0.1) is 0 Å². The van der Waals surface area contributed by atoms with Gasteiger partial charge in [-0.3, -0.25) is 24.0 Å². The maximum absolute atomic E-state index is 12.7. The van der Waals surface area contributed by atoms with Crippen molar-refractivity contribution in [3.63, 3.8) is 0 Å². The van der Waals surface area contributed by atoms with Crippen molar-refractivity contribution >= 4 is 35.6 Å². The molecule has 0 saturated carbocycles. The van der Waals surface area contributed by atoms with Gasteiger partial charge in [0.15, 0.2) is 6.04 Å². The Balaban J connectivity index is 5.41.